The van der Waals surface area contributed by atoms with Crippen LogP contribution in [0, 0.1) is 11.6 Å². The predicted molar refractivity (Wildman–Crippen MR) is 70.7 cm³/mol. The summed E-state index contributed by atoms with van der Waals surface area (Å²) in [5.74, 6) is -1.52. The molecule has 0 N–H and O–H groups in total. The molecule has 0 saturated heterocycles. The summed E-state index contributed by atoms with van der Waals surface area (Å²) in [6.07, 6.45) is 2.95. The van der Waals surface area contributed by atoms with Gasteiger partial charge in [-0.25, -0.2) is 8.78 Å². The molecule has 3 rings (SSSR count). The lowest BCUT2D eigenvalue weighted by Crippen LogP contribution is -2.05. The minimum Gasteiger partial charge on any atom is -0.293 e. The van der Waals surface area contributed by atoms with Crippen LogP contribution in [-0.2, 0) is 19.3 Å². The quantitative estimate of drug-likeness (QED) is 0.777. The molecule has 0 amide bonds. The molecule has 1 aliphatic rings. The van der Waals surface area contributed by atoms with E-state index in [4.69, 9.17) is 0 Å². The fourth-order valence-corrected chi connectivity index (χ4v) is 3.61. The van der Waals surface area contributed by atoms with Crippen molar-refractivity contribution in [2.45, 2.75) is 25.7 Å². The molecule has 98 valence electrons. The van der Waals surface area contributed by atoms with Gasteiger partial charge in [-0.05, 0) is 43.0 Å². The van der Waals surface area contributed by atoms with Crippen LogP contribution >= 0.6 is 11.3 Å². The number of Topliss-reactive ketones (excluding diaryl/α,β-unsaturated/α-hetero) is 1. The highest BCUT2D eigenvalue weighted by molar-refractivity contribution is 7.14. The lowest BCUT2D eigenvalue weighted by molar-refractivity contribution is 0.0994. The molecule has 1 heterocycles. The maximum absolute atomic E-state index is 13.5. The molecule has 1 aromatic heterocycles. The number of hydrogen-bond donors (Lipinski definition) is 0. The summed E-state index contributed by atoms with van der Waals surface area (Å²) in [5, 5.41) is 0. The van der Waals surface area contributed by atoms with E-state index >= 15 is 0 Å². The number of ketones is 1. The van der Waals surface area contributed by atoms with Gasteiger partial charge in [0, 0.05) is 16.9 Å². The molecule has 0 bridgehead atoms. The Labute approximate surface area is 113 Å². The third kappa shape index (κ3) is 2.32. The molecule has 1 aromatic carbocycles. The Bertz CT molecular complexity index is 604. The van der Waals surface area contributed by atoms with E-state index < -0.39 is 11.6 Å². The fraction of sp³-hybridized carbons (Fsp3) is 0.267. The second-order valence-electron chi connectivity index (χ2n) is 4.71. The highest BCUT2D eigenvalue weighted by Crippen LogP contribution is 2.31. The second-order valence-corrected chi connectivity index (χ2v) is 5.85. The van der Waals surface area contributed by atoms with E-state index in [0.717, 1.165) is 19.3 Å². The van der Waals surface area contributed by atoms with Gasteiger partial charge >= 0.3 is 0 Å². The first-order valence-electron chi connectivity index (χ1n) is 6.23. The van der Waals surface area contributed by atoms with Crippen LogP contribution in [-0.4, -0.2) is 5.78 Å². The van der Waals surface area contributed by atoms with Gasteiger partial charge in [0.05, 0.1) is 4.88 Å². The Morgan fingerprint density at radius 3 is 2.63 bits per heavy atom. The summed E-state index contributed by atoms with van der Waals surface area (Å²) in [6, 6.07) is 5.55. The molecule has 0 saturated carbocycles. The van der Waals surface area contributed by atoms with Crippen LogP contribution in [0.2, 0.25) is 0 Å². The highest BCUT2D eigenvalue weighted by Gasteiger charge is 2.20. The van der Waals surface area contributed by atoms with Crippen LogP contribution in [0.4, 0.5) is 8.78 Å². The van der Waals surface area contributed by atoms with E-state index in [0.29, 0.717) is 4.88 Å². The summed E-state index contributed by atoms with van der Waals surface area (Å²) >= 11 is 1.47. The molecule has 0 fully saturated rings. The zero-order chi connectivity index (χ0) is 13.4. The van der Waals surface area contributed by atoms with E-state index in [1.807, 2.05) is 6.07 Å². The fourth-order valence-electron chi connectivity index (χ4n) is 2.42. The molecular weight excluding hydrogens is 266 g/mol. The molecule has 0 aliphatic heterocycles. The van der Waals surface area contributed by atoms with E-state index in [-0.39, 0.29) is 17.8 Å². The Morgan fingerprint density at radius 1 is 1.21 bits per heavy atom. The lowest BCUT2D eigenvalue weighted by Gasteiger charge is -2.03. The summed E-state index contributed by atoms with van der Waals surface area (Å²) in [7, 11) is 0. The monoisotopic (exact) mass is 278 g/mol. The summed E-state index contributed by atoms with van der Waals surface area (Å²) in [4.78, 5) is 14.0. The van der Waals surface area contributed by atoms with Gasteiger partial charge in [0.15, 0.2) is 5.78 Å². The predicted octanol–water partition coefficient (Wildman–Crippen LogP) is 3.94. The van der Waals surface area contributed by atoms with Crippen LogP contribution < -0.4 is 0 Å². The molecule has 0 spiro atoms. The summed E-state index contributed by atoms with van der Waals surface area (Å²) < 4.78 is 27.0. The number of hydrogen-bond acceptors (Lipinski definition) is 2. The van der Waals surface area contributed by atoms with Gasteiger partial charge < -0.3 is 0 Å². The van der Waals surface area contributed by atoms with Crippen molar-refractivity contribution in [2.75, 3.05) is 0 Å². The zero-order valence-electron chi connectivity index (χ0n) is 10.2. The first-order valence-corrected chi connectivity index (χ1v) is 7.04. The first-order chi connectivity index (χ1) is 9.15. The number of fused-ring (bicyclic) bond motifs is 1. The van der Waals surface area contributed by atoms with Gasteiger partial charge in [-0.3, -0.25) is 4.79 Å². The maximum Gasteiger partial charge on any atom is 0.177 e. The smallest absolute Gasteiger partial charge is 0.177 e. The van der Waals surface area contributed by atoms with Gasteiger partial charge in [0.1, 0.15) is 11.6 Å². The van der Waals surface area contributed by atoms with Crippen LogP contribution in [0.1, 0.15) is 32.1 Å². The number of carbonyl (C=O) groups excluding carboxylic acids is 1. The van der Waals surface area contributed by atoms with Crippen molar-refractivity contribution in [1.82, 2.24) is 0 Å². The standard InChI is InChI=1S/C15H12F2OS/c16-11-4-2-5-12(17)10(11)8-13(18)15-7-9-3-1-6-14(9)19-15/h2,4-5,7H,1,3,6,8H2. The number of aryl methyl sites for hydroxylation is 2. The van der Waals surface area contributed by atoms with Gasteiger partial charge in [-0.2, -0.15) is 0 Å². The van der Waals surface area contributed by atoms with Crippen molar-refractivity contribution >= 4 is 17.1 Å². The second kappa shape index (κ2) is 4.85. The van der Waals surface area contributed by atoms with E-state index in [9.17, 15) is 13.6 Å². The highest BCUT2D eigenvalue weighted by atomic mass is 32.1. The minimum absolute atomic E-state index is 0.138. The lowest BCUT2D eigenvalue weighted by atomic mass is 10.1. The largest absolute Gasteiger partial charge is 0.293 e. The van der Waals surface area contributed by atoms with Crippen molar-refractivity contribution < 1.29 is 13.6 Å². The van der Waals surface area contributed by atoms with Crippen molar-refractivity contribution in [3.63, 3.8) is 0 Å². The maximum atomic E-state index is 13.5. The molecular formula is C15H12F2OS. The van der Waals surface area contributed by atoms with Gasteiger partial charge in [-0.15, -0.1) is 11.3 Å². The molecule has 0 unspecified atom stereocenters. The average Bonchev–Trinajstić information content (AvgIpc) is 2.94. The topological polar surface area (TPSA) is 17.1 Å². The van der Waals surface area contributed by atoms with Crippen LogP contribution in [0.3, 0.4) is 0 Å². The number of halogens is 2. The average molecular weight is 278 g/mol. The molecule has 0 radical (unpaired) electrons. The van der Waals surface area contributed by atoms with E-state index in [2.05, 4.69) is 0 Å². The number of carbonyl (C=O) groups is 1. The molecule has 0 atom stereocenters. The minimum atomic E-state index is -0.655. The van der Waals surface area contributed by atoms with Gasteiger partial charge in [0.25, 0.3) is 0 Å². The number of benzene rings is 1. The molecule has 1 aliphatic carbocycles. The molecule has 2 aromatic rings. The Hall–Kier alpha value is -1.55. The number of thiophene rings is 1. The van der Waals surface area contributed by atoms with Crippen LogP contribution in [0.5, 0.6) is 0 Å². The molecule has 19 heavy (non-hydrogen) atoms. The third-order valence-corrected chi connectivity index (χ3v) is 4.70. The van der Waals surface area contributed by atoms with E-state index in [1.54, 1.807) is 0 Å². The van der Waals surface area contributed by atoms with E-state index in [1.165, 1.54) is 40.0 Å². The van der Waals surface area contributed by atoms with Crippen LogP contribution in [0.25, 0.3) is 0 Å². The van der Waals surface area contributed by atoms with Crippen LogP contribution in [0.15, 0.2) is 24.3 Å². The third-order valence-electron chi connectivity index (χ3n) is 3.42. The first kappa shape index (κ1) is 12.5. The SMILES string of the molecule is O=C(Cc1c(F)cccc1F)c1cc2c(s1)CCC2. The Morgan fingerprint density at radius 2 is 1.95 bits per heavy atom. The molecule has 4 heteroatoms. The molecule has 1 nitrogen and oxygen atoms in total. The van der Waals surface area contributed by atoms with Crippen molar-refractivity contribution in [3.8, 4) is 0 Å². The zero-order valence-corrected chi connectivity index (χ0v) is 11.0. The summed E-state index contributed by atoms with van der Waals surface area (Å²) in [6.45, 7) is 0. The van der Waals surface area contributed by atoms with Crippen molar-refractivity contribution in [3.05, 3.63) is 56.8 Å². The van der Waals surface area contributed by atoms with Gasteiger partial charge in [0.2, 0.25) is 0 Å². The Balaban J connectivity index is 1.85. The van der Waals surface area contributed by atoms with Crippen molar-refractivity contribution in [2.24, 2.45) is 0 Å². The summed E-state index contributed by atoms with van der Waals surface area (Å²) in [5.41, 5.74) is 1.09. The Kier molecular flexibility index (Phi) is 3.19. The normalized spacial score (nSPS) is 13.6. The van der Waals surface area contributed by atoms with Crippen molar-refractivity contribution in [1.29, 1.82) is 0 Å². The number of rotatable bonds is 3. The van der Waals surface area contributed by atoms with Gasteiger partial charge in [-0.1, -0.05) is 6.07 Å².